The second-order valence-electron chi connectivity index (χ2n) is 3.59. The van der Waals surface area contributed by atoms with E-state index in [0.29, 0.717) is 10.3 Å². The first-order valence-electron chi connectivity index (χ1n) is 5.27. The standard InChI is InChI=1S/C12H14O2S2/c1-9(13)14-11-5-3-10(4-6-11)12-15-7-2-8-16-12/h3-6,12H,2,7-8H2,1H3. The van der Waals surface area contributed by atoms with Crippen LogP contribution in [0.25, 0.3) is 0 Å². The number of carbonyl (C=O) groups excluding carboxylic acids is 1. The lowest BCUT2D eigenvalue weighted by Gasteiger charge is -2.21. The van der Waals surface area contributed by atoms with Gasteiger partial charge in [0.1, 0.15) is 5.75 Å². The van der Waals surface area contributed by atoms with Crippen molar-refractivity contribution in [2.45, 2.75) is 17.9 Å². The number of esters is 1. The van der Waals surface area contributed by atoms with Crippen molar-refractivity contribution >= 4 is 29.5 Å². The molecular weight excluding hydrogens is 240 g/mol. The zero-order chi connectivity index (χ0) is 11.4. The summed E-state index contributed by atoms with van der Waals surface area (Å²) in [5.41, 5.74) is 1.31. The molecule has 2 nitrogen and oxygen atoms in total. The van der Waals surface area contributed by atoms with E-state index in [1.807, 2.05) is 47.8 Å². The Balaban J connectivity index is 2.03. The Kier molecular flexibility index (Phi) is 4.18. The molecule has 0 unspecified atom stereocenters. The van der Waals surface area contributed by atoms with E-state index in [1.165, 1.54) is 30.4 Å². The number of carbonyl (C=O) groups is 1. The molecule has 0 spiro atoms. The van der Waals surface area contributed by atoms with Gasteiger partial charge in [0.2, 0.25) is 0 Å². The first-order chi connectivity index (χ1) is 7.75. The maximum atomic E-state index is 10.8. The third-order valence-corrected chi connectivity index (χ3v) is 5.26. The van der Waals surface area contributed by atoms with Crippen molar-refractivity contribution in [2.24, 2.45) is 0 Å². The van der Waals surface area contributed by atoms with E-state index in [1.54, 1.807) is 0 Å². The lowest BCUT2D eigenvalue weighted by molar-refractivity contribution is -0.131. The number of benzene rings is 1. The topological polar surface area (TPSA) is 26.3 Å². The highest BCUT2D eigenvalue weighted by Crippen LogP contribution is 2.43. The molecule has 1 aromatic rings. The third kappa shape index (κ3) is 3.19. The highest BCUT2D eigenvalue weighted by Gasteiger charge is 2.16. The molecule has 0 saturated carbocycles. The van der Waals surface area contributed by atoms with E-state index in [0.717, 1.165) is 0 Å². The van der Waals surface area contributed by atoms with E-state index >= 15 is 0 Å². The van der Waals surface area contributed by atoms with E-state index in [2.05, 4.69) is 0 Å². The normalized spacial score (nSPS) is 17.1. The number of rotatable bonds is 2. The number of thioether (sulfide) groups is 2. The zero-order valence-electron chi connectivity index (χ0n) is 9.14. The lowest BCUT2D eigenvalue weighted by atomic mass is 10.2. The van der Waals surface area contributed by atoms with Crippen LogP contribution < -0.4 is 4.74 Å². The predicted octanol–water partition coefficient (Wildman–Crippen LogP) is 3.48. The van der Waals surface area contributed by atoms with Gasteiger partial charge in [-0.15, -0.1) is 23.5 Å². The third-order valence-electron chi connectivity index (χ3n) is 2.24. The van der Waals surface area contributed by atoms with Crippen LogP contribution in [0.2, 0.25) is 0 Å². The summed E-state index contributed by atoms with van der Waals surface area (Å²) in [6.45, 7) is 1.42. The first kappa shape index (κ1) is 11.9. The van der Waals surface area contributed by atoms with E-state index in [-0.39, 0.29) is 5.97 Å². The average molecular weight is 254 g/mol. The fraction of sp³-hybridized carbons (Fsp3) is 0.417. The molecule has 0 aliphatic carbocycles. The van der Waals surface area contributed by atoms with Gasteiger partial charge in [-0.05, 0) is 35.6 Å². The van der Waals surface area contributed by atoms with Crippen LogP contribution in [-0.2, 0) is 4.79 Å². The molecule has 0 N–H and O–H groups in total. The van der Waals surface area contributed by atoms with Crippen molar-refractivity contribution in [1.29, 1.82) is 0 Å². The Morgan fingerprint density at radius 1 is 1.25 bits per heavy atom. The minimum atomic E-state index is -0.269. The SMILES string of the molecule is CC(=O)Oc1ccc(C2SCCCS2)cc1. The Morgan fingerprint density at radius 3 is 2.44 bits per heavy atom. The van der Waals surface area contributed by atoms with Crippen LogP contribution in [0.15, 0.2) is 24.3 Å². The van der Waals surface area contributed by atoms with Gasteiger partial charge >= 0.3 is 5.97 Å². The second-order valence-corrected chi connectivity index (χ2v) is 6.31. The fourth-order valence-electron chi connectivity index (χ4n) is 1.54. The molecule has 0 radical (unpaired) electrons. The summed E-state index contributed by atoms with van der Waals surface area (Å²) in [6, 6.07) is 7.83. The summed E-state index contributed by atoms with van der Waals surface area (Å²) in [5, 5.41) is 0. The molecule has 86 valence electrons. The second kappa shape index (κ2) is 5.64. The van der Waals surface area contributed by atoms with Gasteiger partial charge in [-0.3, -0.25) is 4.79 Å². The zero-order valence-corrected chi connectivity index (χ0v) is 10.8. The van der Waals surface area contributed by atoms with Crippen molar-refractivity contribution < 1.29 is 9.53 Å². The van der Waals surface area contributed by atoms with Crippen LogP contribution in [-0.4, -0.2) is 17.5 Å². The van der Waals surface area contributed by atoms with Crippen LogP contribution in [0.5, 0.6) is 5.75 Å². The molecule has 0 aromatic heterocycles. The summed E-state index contributed by atoms with van der Waals surface area (Å²) in [4.78, 5) is 10.8. The summed E-state index contributed by atoms with van der Waals surface area (Å²) in [5.74, 6) is 2.84. The van der Waals surface area contributed by atoms with E-state index < -0.39 is 0 Å². The molecule has 1 saturated heterocycles. The number of ether oxygens (including phenoxy) is 1. The number of hydrogen-bond donors (Lipinski definition) is 0. The lowest BCUT2D eigenvalue weighted by Crippen LogP contribution is -2.02. The fourth-order valence-corrected chi connectivity index (χ4v) is 4.43. The van der Waals surface area contributed by atoms with Gasteiger partial charge in [-0.25, -0.2) is 0 Å². The van der Waals surface area contributed by atoms with Gasteiger partial charge in [-0.1, -0.05) is 12.1 Å². The summed E-state index contributed by atoms with van der Waals surface area (Å²) in [7, 11) is 0. The van der Waals surface area contributed by atoms with Gasteiger partial charge in [-0.2, -0.15) is 0 Å². The average Bonchev–Trinajstić information content (AvgIpc) is 2.30. The van der Waals surface area contributed by atoms with Crippen LogP contribution in [0.3, 0.4) is 0 Å². The van der Waals surface area contributed by atoms with Gasteiger partial charge < -0.3 is 4.74 Å². The van der Waals surface area contributed by atoms with Gasteiger partial charge in [0.25, 0.3) is 0 Å². The van der Waals surface area contributed by atoms with Crippen molar-refractivity contribution in [3.05, 3.63) is 29.8 Å². The molecule has 0 amide bonds. The molecule has 1 aliphatic heterocycles. The molecule has 1 fully saturated rings. The monoisotopic (exact) mass is 254 g/mol. The molecule has 2 rings (SSSR count). The molecule has 0 atom stereocenters. The molecule has 1 heterocycles. The van der Waals surface area contributed by atoms with Gasteiger partial charge in [0.15, 0.2) is 0 Å². The van der Waals surface area contributed by atoms with Crippen molar-refractivity contribution in [2.75, 3.05) is 11.5 Å². The Hall–Kier alpha value is -0.610. The summed E-state index contributed by atoms with van der Waals surface area (Å²) < 4.78 is 5.55. The van der Waals surface area contributed by atoms with Gasteiger partial charge in [0.05, 0.1) is 4.58 Å². The summed E-state index contributed by atoms with van der Waals surface area (Å²) >= 11 is 3.98. The highest BCUT2D eigenvalue weighted by molar-refractivity contribution is 8.16. The number of hydrogen-bond acceptors (Lipinski definition) is 4. The molecule has 1 aromatic carbocycles. The first-order valence-corrected chi connectivity index (χ1v) is 7.37. The molecular formula is C12H14O2S2. The maximum absolute atomic E-state index is 10.8. The van der Waals surface area contributed by atoms with Crippen LogP contribution in [0.1, 0.15) is 23.5 Å². The minimum absolute atomic E-state index is 0.269. The van der Waals surface area contributed by atoms with Crippen LogP contribution in [0.4, 0.5) is 0 Å². The Morgan fingerprint density at radius 2 is 1.88 bits per heavy atom. The smallest absolute Gasteiger partial charge is 0.308 e. The van der Waals surface area contributed by atoms with Crippen molar-refractivity contribution in [3.63, 3.8) is 0 Å². The minimum Gasteiger partial charge on any atom is -0.427 e. The Labute approximate surface area is 104 Å². The maximum Gasteiger partial charge on any atom is 0.308 e. The van der Waals surface area contributed by atoms with E-state index in [4.69, 9.17) is 4.74 Å². The Bertz CT molecular complexity index is 356. The van der Waals surface area contributed by atoms with Crippen LogP contribution in [0, 0.1) is 0 Å². The molecule has 4 heteroatoms. The molecule has 16 heavy (non-hydrogen) atoms. The predicted molar refractivity (Wildman–Crippen MR) is 70.0 cm³/mol. The quantitative estimate of drug-likeness (QED) is 0.596. The highest BCUT2D eigenvalue weighted by atomic mass is 32.2. The van der Waals surface area contributed by atoms with Crippen molar-refractivity contribution in [1.82, 2.24) is 0 Å². The van der Waals surface area contributed by atoms with Crippen LogP contribution >= 0.6 is 23.5 Å². The van der Waals surface area contributed by atoms with E-state index in [9.17, 15) is 4.79 Å². The van der Waals surface area contributed by atoms with Gasteiger partial charge in [0, 0.05) is 6.92 Å². The molecule has 0 bridgehead atoms. The molecule has 1 aliphatic rings. The summed E-state index contributed by atoms with van der Waals surface area (Å²) in [6.07, 6.45) is 1.30. The van der Waals surface area contributed by atoms with Crippen molar-refractivity contribution in [3.8, 4) is 5.75 Å². The largest absolute Gasteiger partial charge is 0.427 e.